The van der Waals surface area contributed by atoms with Gasteiger partial charge in [-0.05, 0) is 71.3 Å². The van der Waals surface area contributed by atoms with Gasteiger partial charge in [-0.3, -0.25) is 0 Å². The van der Waals surface area contributed by atoms with Gasteiger partial charge in [-0.1, -0.05) is 133 Å². The Morgan fingerprint density at radius 2 is 0.914 bits per heavy atom. The van der Waals surface area contributed by atoms with Crippen molar-refractivity contribution in [1.82, 2.24) is 19.5 Å². The van der Waals surface area contributed by atoms with Crippen LogP contribution in [0.25, 0.3) is 104 Å². The van der Waals surface area contributed by atoms with Crippen LogP contribution in [0, 0.1) is 11.3 Å². The summed E-state index contributed by atoms with van der Waals surface area (Å²) >= 11 is 1.83. The normalized spacial score (nSPS) is 11.4. The summed E-state index contributed by atoms with van der Waals surface area (Å²) in [6.07, 6.45) is 0. The van der Waals surface area contributed by atoms with E-state index in [2.05, 4.69) is 168 Å². The van der Waals surface area contributed by atoms with Crippen molar-refractivity contribution in [1.29, 1.82) is 5.26 Å². The third kappa shape index (κ3) is 5.73. The largest absolute Gasteiger partial charge is 0.309 e. The van der Waals surface area contributed by atoms with Crippen LogP contribution in [0.5, 0.6) is 0 Å². The van der Waals surface area contributed by atoms with Crippen LogP contribution in [0.2, 0.25) is 0 Å². The number of rotatable bonds is 6. The third-order valence-electron chi connectivity index (χ3n) is 10.9. The molecular formula is C52H31N5S. The van der Waals surface area contributed by atoms with E-state index in [1.807, 2.05) is 29.5 Å². The highest BCUT2D eigenvalue weighted by Gasteiger charge is 2.19. The molecule has 0 fully saturated rings. The molecule has 8 aromatic carbocycles. The zero-order valence-electron chi connectivity index (χ0n) is 31.0. The molecule has 11 aromatic rings. The molecule has 270 valence electrons. The standard InChI is InChI=1S/C52H31N5S/c53-32-33-18-20-36(21-19-33)50-54-51(37-24-22-34(23-25-37)38-26-29-44-43-14-6-9-17-48(43)58-49(44)31-38)56-52(55-50)39-27-28-40(35-10-2-1-3-11-35)47(30-39)57-45-15-7-4-12-41(45)42-13-5-8-16-46(42)57/h1-31H. The SMILES string of the molecule is N#Cc1ccc(-c2nc(-c3ccc(-c4ccc5c(c4)sc4ccccc45)cc3)nc(-c3ccc(-c4ccccc4)c(-n4c5ccccc5c5ccccc54)c3)n2)cc1. The van der Waals surface area contributed by atoms with Crippen LogP contribution < -0.4 is 0 Å². The molecule has 0 spiro atoms. The van der Waals surface area contributed by atoms with E-state index in [9.17, 15) is 5.26 Å². The maximum Gasteiger partial charge on any atom is 0.164 e. The average molecular weight is 758 g/mol. The molecule has 0 bridgehead atoms. The second-order valence-corrected chi connectivity index (χ2v) is 15.4. The van der Waals surface area contributed by atoms with Gasteiger partial charge in [0.1, 0.15) is 0 Å². The minimum atomic E-state index is 0.536. The number of thiophene rings is 1. The predicted molar refractivity (Wildman–Crippen MR) is 239 cm³/mol. The first kappa shape index (κ1) is 33.6. The van der Waals surface area contributed by atoms with Crippen LogP contribution >= 0.6 is 11.3 Å². The minimum Gasteiger partial charge on any atom is -0.309 e. The van der Waals surface area contributed by atoms with Gasteiger partial charge in [0, 0.05) is 53.2 Å². The monoisotopic (exact) mass is 757 g/mol. The highest BCUT2D eigenvalue weighted by atomic mass is 32.1. The second-order valence-electron chi connectivity index (χ2n) is 14.3. The van der Waals surface area contributed by atoms with E-state index in [0.29, 0.717) is 23.0 Å². The zero-order chi connectivity index (χ0) is 38.6. The molecule has 11 rings (SSSR count). The minimum absolute atomic E-state index is 0.536. The highest BCUT2D eigenvalue weighted by Crippen LogP contribution is 2.39. The van der Waals surface area contributed by atoms with Crippen LogP contribution in [0.15, 0.2) is 188 Å². The maximum absolute atomic E-state index is 9.52. The topological polar surface area (TPSA) is 67.4 Å². The van der Waals surface area contributed by atoms with Gasteiger partial charge in [0.2, 0.25) is 0 Å². The summed E-state index contributed by atoms with van der Waals surface area (Å²) < 4.78 is 4.93. The summed E-state index contributed by atoms with van der Waals surface area (Å²) in [5.74, 6) is 1.67. The molecular weight excluding hydrogens is 727 g/mol. The Hall–Kier alpha value is -7.72. The van der Waals surface area contributed by atoms with Gasteiger partial charge in [-0.15, -0.1) is 11.3 Å². The molecule has 3 aromatic heterocycles. The van der Waals surface area contributed by atoms with E-state index in [0.717, 1.165) is 55.7 Å². The molecule has 58 heavy (non-hydrogen) atoms. The lowest BCUT2D eigenvalue weighted by molar-refractivity contribution is 1.07. The van der Waals surface area contributed by atoms with Gasteiger partial charge in [-0.2, -0.15) is 5.26 Å². The molecule has 0 radical (unpaired) electrons. The molecule has 0 saturated carbocycles. The Bertz CT molecular complexity index is 3340. The van der Waals surface area contributed by atoms with Gasteiger partial charge in [-0.25, -0.2) is 15.0 Å². The van der Waals surface area contributed by atoms with Crippen LogP contribution in [0.4, 0.5) is 0 Å². The van der Waals surface area contributed by atoms with Gasteiger partial charge in [0.15, 0.2) is 17.5 Å². The predicted octanol–water partition coefficient (Wildman–Crippen LogP) is 13.5. The Labute approximate surface area is 338 Å². The first-order chi connectivity index (χ1) is 28.7. The molecule has 0 aliphatic rings. The summed E-state index contributed by atoms with van der Waals surface area (Å²) in [6.45, 7) is 0. The first-order valence-electron chi connectivity index (χ1n) is 19.2. The Balaban J connectivity index is 1.07. The number of aromatic nitrogens is 4. The van der Waals surface area contributed by atoms with E-state index >= 15 is 0 Å². The third-order valence-corrected chi connectivity index (χ3v) is 12.1. The van der Waals surface area contributed by atoms with Gasteiger partial charge >= 0.3 is 0 Å². The molecule has 0 unspecified atom stereocenters. The molecule has 0 N–H and O–H groups in total. The quantitative estimate of drug-likeness (QED) is 0.169. The number of nitriles is 1. The van der Waals surface area contributed by atoms with Gasteiger partial charge in [0.25, 0.3) is 0 Å². The van der Waals surface area contributed by atoms with Crippen LogP contribution in [0.3, 0.4) is 0 Å². The fourth-order valence-corrected chi connectivity index (χ4v) is 9.22. The fourth-order valence-electron chi connectivity index (χ4n) is 8.07. The van der Waals surface area contributed by atoms with Gasteiger partial charge in [0.05, 0.1) is 28.4 Å². The summed E-state index contributed by atoms with van der Waals surface area (Å²) in [6, 6.07) is 67.5. The summed E-state index contributed by atoms with van der Waals surface area (Å²) in [7, 11) is 0. The highest BCUT2D eigenvalue weighted by molar-refractivity contribution is 7.25. The van der Waals surface area contributed by atoms with E-state index < -0.39 is 0 Å². The molecule has 0 aliphatic heterocycles. The second kappa shape index (κ2) is 13.8. The number of para-hydroxylation sites is 2. The van der Waals surface area contributed by atoms with Crippen molar-refractivity contribution in [3.05, 3.63) is 194 Å². The number of fused-ring (bicyclic) bond motifs is 6. The number of benzene rings is 8. The van der Waals surface area contributed by atoms with Crippen molar-refractivity contribution in [2.75, 3.05) is 0 Å². The summed E-state index contributed by atoms with van der Waals surface area (Å²) in [5, 5.41) is 14.5. The van der Waals surface area contributed by atoms with E-state index in [1.54, 1.807) is 12.1 Å². The molecule has 0 amide bonds. The molecule has 6 heteroatoms. The average Bonchev–Trinajstić information content (AvgIpc) is 3.84. The van der Waals surface area contributed by atoms with Crippen molar-refractivity contribution in [2.24, 2.45) is 0 Å². The van der Waals surface area contributed by atoms with Crippen molar-refractivity contribution >= 4 is 53.3 Å². The number of hydrogen-bond donors (Lipinski definition) is 0. The molecule has 0 aliphatic carbocycles. The summed E-state index contributed by atoms with van der Waals surface area (Å²) in [4.78, 5) is 15.3. The van der Waals surface area contributed by atoms with E-state index in [4.69, 9.17) is 15.0 Å². The van der Waals surface area contributed by atoms with Crippen LogP contribution in [-0.2, 0) is 0 Å². The van der Waals surface area contributed by atoms with Crippen molar-refractivity contribution < 1.29 is 0 Å². The maximum atomic E-state index is 9.52. The lowest BCUT2D eigenvalue weighted by Crippen LogP contribution is -2.02. The lowest BCUT2D eigenvalue weighted by Gasteiger charge is -2.16. The Kier molecular flexibility index (Phi) is 7.99. The van der Waals surface area contributed by atoms with Crippen molar-refractivity contribution in [2.45, 2.75) is 0 Å². The smallest absolute Gasteiger partial charge is 0.164 e. The van der Waals surface area contributed by atoms with Crippen molar-refractivity contribution in [3.8, 4) is 68.2 Å². The van der Waals surface area contributed by atoms with Gasteiger partial charge < -0.3 is 4.57 Å². The Morgan fingerprint density at radius 1 is 0.397 bits per heavy atom. The first-order valence-corrected chi connectivity index (χ1v) is 20.0. The van der Waals surface area contributed by atoms with E-state index in [1.165, 1.54) is 30.9 Å². The lowest BCUT2D eigenvalue weighted by atomic mass is 10.0. The molecule has 0 atom stereocenters. The molecule has 0 saturated heterocycles. The van der Waals surface area contributed by atoms with Crippen LogP contribution in [-0.4, -0.2) is 19.5 Å². The Morgan fingerprint density at radius 3 is 1.59 bits per heavy atom. The van der Waals surface area contributed by atoms with E-state index in [-0.39, 0.29) is 0 Å². The summed E-state index contributed by atoms with van der Waals surface area (Å²) in [5.41, 5.74) is 10.9. The zero-order valence-corrected chi connectivity index (χ0v) is 31.9. The fraction of sp³-hybridized carbons (Fsp3) is 0. The molecule has 5 nitrogen and oxygen atoms in total. The number of nitrogens with zero attached hydrogens (tertiary/aromatic N) is 5. The number of hydrogen-bond acceptors (Lipinski definition) is 5. The van der Waals surface area contributed by atoms with Crippen molar-refractivity contribution in [3.63, 3.8) is 0 Å². The molecule has 3 heterocycles. The van der Waals surface area contributed by atoms with Crippen LogP contribution in [0.1, 0.15) is 5.56 Å².